The van der Waals surface area contributed by atoms with E-state index < -0.39 is 118 Å². The third kappa shape index (κ3) is 14.1. The predicted molar refractivity (Wildman–Crippen MR) is 282 cm³/mol. The number of carbonyl (C=O) groups excluding carboxylic acids is 5. The van der Waals surface area contributed by atoms with Crippen molar-refractivity contribution in [3.63, 3.8) is 0 Å². The van der Waals surface area contributed by atoms with E-state index in [9.17, 15) is 49.2 Å². The Balaban J connectivity index is 0.000000506. The second-order valence-electron chi connectivity index (χ2n) is 23.0. The van der Waals surface area contributed by atoms with E-state index in [0.29, 0.717) is 12.0 Å². The zero-order valence-electron chi connectivity index (χ0n) is 46.1. The molecule has 4 aliphatic rings. The van der Waals surface area contributed by atoms with Gasteiger partial charge in [-0.05, 0) is 69.9 Å². The van der Waals surface area contributed by atoms with Crippen LogP contribution in [0.3, 0.4) is 0 Å². The molecule has 1 heterocycles. The maximum absolute atomic E-state index is 14.9. The van der Waals surface area contributed by atoms with Crippen LogP contribution in [0.2, 0.25) is 0 Å². The number of fused-ring (bicyclic) bond motifs is 5. The summed E-state index contributed by atoms with van der Waals surface area (Å²) in [5.74, 6) is -6.02. The van der Waals surface area contributed by atoms with Crippen molar-refractivity contribution in [2.24, 2.45) is 16.7 Å². The van der Waals surface area contributed by atoms with Gasteiger partial charge in [-0.25, -0.2) is 14.4 Å². The molecule has 6 rings (SSSR count). The van der Waals surface area contributed by atoms with Gasteiger partial charge in [0.2, 0.25) is 0 Å². The number of ketones is 1. The van der Waals surface area contributed by atoms with E-state index in [1.165, 1.54) is 96.6 Å². The Morgan fingerprint density at radius 1 is 0.816 bits per heavy atom. The first kappa shape index (κ1) is 61.7. The summed E-state index contributed by atoms with van der Waals surface area (Å²) in [5, 5.41) is 60.1. The maximum atomic E-state index is 14.9. The lowest BCUT2D eigenvalue weighted by atomic mass is 9.44. The van der Waals surface area contributed by atoms with Crippen molar-refractivity contribution in [1.82, 2.24) is 5.32 Å². The number of hydrogen-bond acceptors (Lipinski definition) is 15. The number of rotatable bonds is 22. The van der Waals surface area contributed by atoms with Gasteiger partial charge in [0.05, 0.1) is 35.6 Å². The molecular formula is C59H85NO16. The van der Waals surface area contributed by atoms with Gasteiger partial charge in [-0.2, -0.15) is 0 Å². The summed E-state index contributed by atoms with van der Waals surface area (Å²) >= 11 is 0. The highest BCUT2D eigenvalue weighted by atomic mass is 16.6. The zero-order valence-corrected chi connectivity index (χ0v) is 46.1. The van der Waals surface area contributed by atoms with Crippen molar-refractivity contribution in [2.75, 3.05) is 6.61 Å². The number of benzene rings is 2. The normalized spacial score (nSPS) is 28.2. The molecule has 0 radical (unpaired) electrons. The quantitative estimate of drug-likeness (QED) is 0.0278. The monoisotopic (exact) mass is 1060 g/mol. The smallest absolute Gasteiger partial charge is 0.408 e. The fourth-order valence-electron chi connectivity index (χ4n) is 11.9. The standard InChI is InChI=1S/C43H53NO14.C16H32O2/c1-22-26(55-37(51)32(48)30(24-15-11-9-12-16-24)44-38(52)58-39(3,4)5)20-43(53)35(56-36(50)25-17-13-10-14-18-25)33-41(8,34(49)31(47)29(22)40(43,6)7)27(46)19-28-42(33,21-54-28)57-23(2)45;1-2-3-4-5-6-7-8-9-10-11-12-13-14-15-16(17)18/h9-18,26-28,30-33,35,46-48,53H,19-21H2,1-8H3,(H,44,52);2-15H2,1H3,(H,17,18)/t26-,27-,28+,30-,31+,32+,33-,35-,41+,42-,43+;/m0./s1. The molecular weight excluding hydrogens is 979 g/mol. The number of aliphatic hydroxyl groups excluding tert-OH is 3. The van der Waals surface area contributed by atoms with Crippen LogP contribution in [0.25, 0.3) is 0 Å². The lowest BCUT2D eigenvalue weighted by Crippen LogP contribution is -2.81. The topological polar surface area (TPSA) is 262 Å². The molecule has 17 heteroatoms. The third-order valence-corrected chi connectivity index (χ3v) is 16.1. The molecule has 2 saturated carbocycles. The van der Waals surface area contributed by atoms with Gasteiger partial charge >= 0.3 is 30.0 Å². The molecule has 1 amide bonds. The number of hydrogen-bond donors (Lipinski definition) is 6. The van der Waals surface area contributed by atoms with Crippen LogP contribution in [-0.4, -0.2) is 121 Å². The van der Waals surface area contributed by atoms with E-state index in [-0.39, 0.29) is 29.7 Å². The molecule has 6 N–H and O–H groups in total. The van der Waals surface area contributed by atoms with Crippen LogP contribution in [0, 0.1) is 16.7 Å². The minimum absolute atomic E-state index is 0.0637. The molecule has 422 valence electrons. The van der Waals surface area contributed by atoms with Gasteiger partial charge in [0.1, 0.15) is 35.6 Å². The van der Waals surface area contributed by atoms with Crippen molar-refractivity contribution >= 4 is 35.8 Å². The maximum Gasteiger partial charge on any atom is 0.408 e. The number of carboxylic acid groups (broad SMARTS) is 1. The second-order valence-corrected chi connectivity index (χ2v) is 23.0. The van der Waals surface area contributed by atoms with Crippen LogP contribution < -0.4 is 5.32 Å². The van der Waals surface area contributed by atoms with E-state index in [2.05, 4.69) is 12.2 Å². The van der Waals surface area contributed by atoms with Crippen LogP contribution in [-0.2, 0) is 42.9 Å². The first-order valence-electron chi connectivity index (χ1n) is 27.3. The number of aliphatic carboxylic acids is 1. The van der Waals surface area contributed by atoms with Crippen molar-refractivity contribution in [3.05, 3.63) is 82.9 Å². The van der Waals surface area contributed by atoms with E-state index in [1.807, 2.05) is 0 Å². The van der Waals surface area contributed by atoms with Crippen LogP contribution >= 0.6 is 0 Å². The van der Waals surface area contributed by atoms with Crippen LogP contribution in [0.5, 0.6) is 0 Å². The Kier molecular flexibility index (Phi) is 21.4. The van der Waals surface area contributed by atoms with Crippen molar-refractivity contribution in [3.8, 4) is 0 Å². The molecule has 3 fully saturated rings. The largest absolute Gasteiger partial charge is 0.481 e. The molecule has 0 unspecified atom stereocenters. The summed E-state index contributed by atoms with van der Waals surface area (Å²) in [7, 11) is 0. The number of aliphatic hydroxyl groups is 4. The number of Topliss-reactive ketones (excluding diaryl/α,β-unsaturated/α-hetero) is 1. The average Bonchev–Trinajstić information content (AvgIpc) is 3.39. The SMILES string of the molecule is CC(=O)O[C@@]12CO[C@@H]1C[C@H](O)[C@@]1(C)C(=O)[C@H](O)C3=C(C)[C@@H](OC(=O)[C@H](O)[C@@H](NC(=O)OC(C)(C)C)c4ccccc4)C[C@@](O)([C@@H](OC(=O)c4ccccc4)[C@H]21)C3(C)C.CCCCCCCCCCCCCCCC(=O)O. The van der Waals surface area contributed by atoms with Crippen molar-refractivity contribution in [2.45, 2.75) is 225 Å². The molecule has 17 nitrogen and oxygen atoms in total. The van der Waals surface area contributed by atoms with Crippen LogP contribution in [0.15, 0.2) is 71.8 Å². The lowest BCUT2D eigenvalue weighted by Gasteiger charge is -2.67. The minimum Gasteiger partial charge on any atom is -0.481 e. The molecule has 11 atom stereocenters. The molecule has 76 heavy (non-hydrogen) atoms. The number of carboxylic acids is 1. The van der Waals surface area contributed by atoms with Gasteiger partial charge in [-0.15, -0.1) is 0 Å². The summed E-state index contributed by atoms with van der Waals surface area (Å²) in [6.07, 6.45) is 5.79. The van der Waals surface area contributed by atoms with Gasteiger partial charge < -0.3 is 54.5 Å². The molecule has 3 aliphatic carbocycles. The first-order valence-corrected chi connectivity index (χ1v) is 27.3. The van der Waals surface area contributed by atoms with E-state index in [1.54, 1.807) is 83.1 Å². The molecule has 2 aromatic carbocycles. The summed E-state index contributed by atoms with van der Waals surface area (Å²) in [5.41, 5.74) is -8.14. The van der Waals surface area contributed by atoms with Gasteiger partial charge in [-0.1, -0.05) is 146 Å². The molecule has 0 aromatic heterocycles. The van der Waals surface area contributed by atoms with E-state index >= 15 is 0 Å². The number of carbonyl (C=O) groups is 6. The molecule has 1 saturated heterocycles. The number of unbranched alkanes of at least 4 members (excludes halogenated alkanes) is 12. The Morgan fingerprint density at radius 2 is 1.36 bits per heavy atom. The highest BCUT2D eigenvalue weighted by molar-refractivity contribution is 5.94. The Morgan fingerprint density at radius 3 is 1.86 bits per heavy atom. The average molecular weight is 1060 g/mol. The summed E-state index contributed by atoms with van der Waals surface area (Å²) in [6, 6.07) is 14.6. The highest BCUT2D eigenvalue weighted by Crippen LogP contribution is 2.64. The molecule has 2 aromatic rings. The van der Waals surface area contributed by atoms with E-state index in [4.69, 9.17) is 28.8 Å². The highest BCUT2D eigenvalue weighted by Gasteiger charge is 2.78. The Labute approximate surface area is 448 Å². The number of amides is 1. The van der Waals surface area contributed by atoms with Gasteiger partial charge in [-0.3, -0.25) is 14.4 Å². The van der Waals surface area contributed by atoms with Gasteiger partial charge in [0, 0.05) is 31.6 Å². The van der Waals surface area contributed by atoms with Crippen molar-refractivity contribution in [1.29, 1.82) is 0 Å². The number of esters is 3. The van der Waals surface area contributed by atoms with Gasteiger partial charge in [0.25, 0.3) is 0 Å². The molecule has 2 bridgehead atoms. The van der Waals surface area contributed by atoms with E-state index in [0.717, 1.165) is 19.8 Å². The third-order valence-electron chi connectivity index (χ3n) is 16.1. The minimum atomic E-state index is -2.35. The Bertz CT molecular complexity index is 2330. The van der Waals surface area contributed by atoms with Crippen LogP contribution in [0.1, 0.15) is 187 Å². The zero-order chi connectivity index (χ0) is 56.2. The number of alkyl carbamates (subject to hydrolysis) is 1. The summed E-state index contributed by atoms with van der Waals surface area (Å²) in [4.78, 5) is 79.2. The first-order chi connectivity index (χ1) is 35.8. The fourth-order valence-corrected chi connectivity index (χ4v) is 11.9. The predicted octanol–water partition coefficient (Wildman–Crippen LogP) is 8.81. The number of ether oxygens (including phenoxy) is 5. The lowest BCUT2D eigenvalue weighted by molar-refractivity contribution is -0.346. The molecule has 0 spiro atoms. The molecule has 1 aliphatic heterocycles. The van der Waals surface area contributed by atoms with Crippen molar-refractivity contribution < 1.29 is 78.0 Å². The van der Waals surface area contributed by atoms with Gasteiger partial charge in [0.15, 0.2) is 17.5 Å². The summed E-state index contributed by atoms with van der Waals surface area (Å²) in [6.45, 7) is 14.1. The Hall–Kier alpha value is -5.20. The fraction of sp³-hybridized carbons (Fsp3) is 0.661. The van der Waals surface area contributed by atoms with Crippen LogP contribution in [0.4, 0.5) is 4.79 Å². The second kappa shape index (κ2) is 26.4. The number of nitrogens with one attached hydrogen (secondary N) is 1. The summed E-state index contributed by atoms with van der Waals surface area (Å²) < 4.78 is 29.5.